The highest BCUT2D eigenvalue weighted by Crippen LogP contribution is 2.05. The van der Waals surface area contributed by atoms with Gasteiger partial charge in [-0.2, -0.15) is 0 Å². The van der Waals surface area contributed by atoms with Crippen molar-refractivity contribution in [3.05, 3.63) is 24.0 Å². The summed E-state index contributed by atoms with van der Waals surface area (Å²) in [6.07, 6.45) is 2.47. The lowest BCUT2D eigenvalue weighted by Gasteiger charge is -2.21. The van der Waals surface area contributed by atoms with E-state index in [0.717, 1.165) is 19.5 Å². The highest BCUT2D eigenvalue weighted by atomic mass is 16.2. The molecule has 2 N–H and O–H groups in total. The summed E-state index contributed by atoms with van der Waals surface area (Å²) >= 11 is 0. The van der Waals surface area contributed by atoms with E-state index in [0.29, 0.717) is 17.9 Å². The van der Waals surface area contributed by atoms with Gasteiger partial charge in [-0.3, -0.25) is 4.79 Å². The fourth-order valence-corrected chi connectivity index (χ4v) is 1.67. The number of nitrogen functional groups attached to an aromatic ring is 1. The third-order valence-electron chi connectivity index (χ3n) is 2.71. The lowest BCUT2D eigenvalue weighted by molar-refractivity contribution is 0.0753. The minimum absolute atomic E-state index is 0.0312. The number of carbonyl (C=O) groups excluding carboxylic acids is 1. The van der Waals surface area contributed by atoms with Crippen LogP contribution in [0.3, 0.4) is 0 Å². The molecule has 5 heteroatoms. The van der Waals surface area contributed by atoms with Crippen LogP contribution in [0.15, 0.2) is 18.3 Å². The summed E-state index contributed by atoms with van der Waals surface area (Å²) in [5, 5.41) is 0. The summed E-state index contributed by atoms with van der Waals surface area (Å²) in [7, 11) is 4.05. The molecule has 0 aliphatic carbocycles. The lowest BCUT2D eigenvalue weighted by Crippen LogP contribution is -2.33. The molecule has 0 bridgehead atoms. The molecule has 18 heavy (non-hydrogen) atoms. The Morgan fingerprint density at radius 3 is 2.56 bits per heavy atom. The van der Waals surface area contributed by atoms with E-state index in [2.05, 4.69) is 9.88 Å². The molecule has 0 aliphatic rings. The predicted octanol–water partition coefficient (Wildman–Crippen LogP) is 1.08. The highest BCUT2D eigenvalue weighted by Gasteiger charge is 2.14. The Balaban J connectivity index is 2.59. The Morgan fingerprint density at radius 1 is 1.33 bits per heavy atom. The van der Waals surface area contributed by atoms with E-state index < -0.39 is 0 Å². The van der Waals surface area contributed by atoms with Crippen molar-refractivity contribution in [1.82, 2.24) is 14.8 Å². The Labute approximate surface area is 109 Å². The van der Waals surface area contributed by atoms with Gasteiger partial charge in [0.15, 0.2) is 0 Å². The Morgan fingerprint density at radius 2 is 2.06 bits per heavy atom. The molecule has 0 saturated carbocycles. The molecule has 5 nitrogen and oxygen atoms in total. The van der Waals surface area contributed by atoms with Crippen molar-refractivity contribution in [3.8, 4) is 0 Å². The minimum Gasteiger partial charge on any atom is -0.397 e. The molecule has 100 valence electrons. The largest absolute Gasteiger partial charge is 0.397 e. The summed E-state index contributed by atoms with van der Waals surface area (Å²) in [6, 6.07) is 3.38. The maximum absolute atomic E-state index is 12.2. The number of aromatic nitrogens is 1. The molecule has 1 aromatic heterocycles. The van der Waals surface area contributed by atoms with Gasteiger partial charge in [-0.25, -0.2) is 4.98 Å². The van der Waals surface area contributed by atoms with Gasteiger partial charge in [0.1, 0.15) is 5.69 Å². The van der Waals surface area contributed by atoms with E-state index in [4.69, 9.17) is 5.73 Å². The average Bonchev–Trinajstić information content (AvgIpc) is 2.34. The number of rotatable bonds is 6. The molecule has 0 saturated heterocycles. The van der Waals surface area contributed by atoms with Crippen LogP contribution in [0.1, 0.15) is 23.8 Å². The van der Waals surface area contributed by atoms with Crippen LogP contribution in [-0.2, 0) is 0 Å². The highest BCUT2D eigenvalue weighted by molar-refractivity contribution is 5.92. The van der Waals surface area contributed by atoms with Crippen molar-refractivity contribution < 1.29 is 4.79 Å². The molecule has 0 aliphatic heterocycles. The van der Waals surface area contributed by atoms with Crippen LogP contribution in [0.25, 0.3) is 0 Å². The van der Waals surface area contributed by atoms with Gasteiger partial charge in [-0.15, -0.1) is 0 Å². The van der Waals surface area contributed by atoms with Crippen LogP contribution >= 0.6 is 0 Å². The third kappa shape index (κ3) is 4.33. The molecule has 0 fully saturated rings. The normalized spacial score (nSPS) is 10.7. The van der Waals surface area contributed by atoms with Gasteiger partial charge in [0.2, 0.25) is 0 Å². The number of carbonyl (C=O) groups is 1. The summed E-state index contributed by atoms with van der Waals surface area (Å²) in [6.45, 7) is 4.39. The van der Waals surface area contributed by atoms with E-state index in [1.165, 1.54) is 6.20 Å². The quantitative estimate of drug-likeness (QED) is 0.820. The summed E-state index contributed by atoms with van der Waals surface area (Å²) in [5.74, 6) is -0.0312. The van der Waals surface area contributed by atoms with Crippen LogP contribution in [-0.4, -0.2) is 54.4 Å². The van der Waals surface area contributed by atoms with Gasteiger partial charge in [0.25, 0.3) is 5.91 Å². The summed E-state index contributed by atoms with van der Waals surface area (Å²) in [4.78, 5) is 20.2. The van der Waals surface area contributed by atoms with Crippen molar-refractivity contribution in [2.24, 2.45) is 0 Å². The van der Waals surface area contributed by atoms with Gasteiger partial charge in [0.05, 0.1) is 11.9 Å². The lowest BCUT2D eigenvalue weighted by atomic mass is 10.2. The van der Waals surface area contributed by atoms with Gasteiger partial charge in [-0.05, 0) is 46.1 Å². The second kappa shape index (κ2) is 6.96. The van der Waals surface area contributed by atoms with Crippen LogP contribution in [0.5, 0.6) is 0 Å². The monoisotopic (exact) mass is 250 g/mol. The van der Waals surface area contributed by atoms with Crippen molar-refractivity contribution >= 4 is 11.6 Å². The summed E-state index contributed by atoms with van der Waals surface area (Å²) in [5.41, 5.74) is 6.58. The first-order valence-corrected chi connectivity index (χ1v) is 6.20. The number of pyridine rings is 1. The molecule has 0 radical (unpaired) electrons. The van der Waals surface area contributed by atoms with Crippen molar-refractivity contribution in [1.29, 1.82) is 0 Å². The molecule has 0 aromatic carbocycles. The topological polar surface area (TPSA) is 62.5 Å². The Bertz CT molecular complexity index is 375. The molecule has 1 aromatic rings. The minimum atomic E-state index is -0.0312. The van der Waals surface area contributed by atoms with Gasteiger partial charge in [-0.1, -0.05) is 0 Å². The second-order valence-electron chi connectivity index (χ2n) is 4.52. The fourth-order valence-electron chi connectivity index (χ4n) is 1.67. The number of nitrogens with two attached hydrogens (primary N) is 1. The van der Waals surface area contributed by atoms with Crippen LogP contribution < -0.4 is 5.73 Å². The molecular weight excluding hydrogens is 228 g/mol. The van der Waals surface area contributed by atoms with E-state index >= 15 is 0 Å². The molecule has 0 unspecified atom stereocenters. The second-order valence-corrected chi connectivity index (χ2v) is 4.52. The Kier molecular flexibility index (Phi) is 5.58. The van der Waals surface area contributed by atoms with Gasteiger partial charge in [0, 0.05) is 13.1 Å². The molecule has 1 amide bonds. The zero-order valence-electron chi connectivity index (χ0n) is 11.4. The van der Waals surface area contributed by atoms with Gasteiger partial charge >= 0.3 is 0 Å². The number of hydrogen-bond donors (Lipinski definition) is 1. The molecule has 0 atom stereocenters. The van der Waals surface area contributed by atoms with Gasteiger partial charge < -0.3 is 15.5 Å². The predicted molar refractivity (Wildman–Crippen MR) is 73.4 cm³/mol. The van der Waals surface area contributed by atoms with Crippen LogP contribution in [0.4, 0.5) is 5.69 Å². The zero-order valence-corrected chi connectivity index (χ0v) is 11.4. The first-order chi connectivity index (χ1) is 8.54. The number of amides is 1. The SMILES string of the molecule is CCN(CCCN(C)C)C(=O)c1ccc(N)cn1. The smallest absolute Gasteiger partial charge is 0.272 e. The Hall–Kier alpha value is -1.62. The maximum atomic E-state index is 12.2. The van der Waals surface area contributed by atoms with E-state index in [-0.39, 0.29) is 5.91 Å². The average molecular weight is 250 g/mol. The number of anilines is 1. The number of hydrogen-bond acceptors (Lipinski definition) is 4. The molecule has 1 heterocycles. The van der Waals surface area contributed by atoms with E-state index in [1.807, 2.05) is 25.9 Å². The fraction of sp³-hybridized carbons (Fsp3) is 0.538. The van der Waals surface area contributed by atoms with Crippen LogP contribution in [0, 0.1) is 0 Å². The van der Waals surface area contributed by atoms with E-state index in [1.54, 1.807) is 12.1 Å². The third-order valence-corrected chi connectivity index (χ3v) is 2.71. The molecule has 0 spiro atoms. The first kappa shape index (κ1) is 14.4. The van der Waals surface area contributed by atoms with E-state index in [9.17, 15) is 4.79 Å². The first-order valence-electron chi connectivity index (χ1n) is 6.20. The van der Waals surface area contributed by atoms with Crippen molar-refractivity contribution in [2.45, 2.75) is 13.3 Å². The van der Waals surface area contributed by atoms with Crippen LogP contribution in [0.2, 0.25) is 0 Å². The zero-order chi connectivity index (χ0) is 13.5. The summed E-state index contributed by atoms with van der Waals surface area (Å²) < 4.78 is 0. The number of nitrogens with zero attached hydrogens (tertiary/aromatic N) is 3. The molecule has 1 rings (SSSR count). The molecular formula is C13H22N4O. The van der Waals surface area contributed by atoms with Crippen molar-refractivity contribution in [3.63, 3.8) is 0 Å². The van der Waals surface area contributed by atoms with Crippen molar-refractivity contribution in [2.75, 3.05) is 39.5 Å². The maximum Gasteiger partial charge on any atom is 0.272 e. The standard InChI is InChI=1S/C13H22N4O/c1-4-17(9-5-8-16(2)3)13(18)12-7-6-11(14)10-15-12/h6-7,10H,4-5,8-9,14H2,1-3H3.